The summed E-state index contributed by atoms with van der Waals surface area (Å²) in [6.07, 6.45) is 6.28. The maximum Gasteiger partial charge on any atom is 0.180 e. The fourth-order valence-corrected chi connectivity index (χ4v) is 2.82. The Balaban J connectivity index is 2.17. The van der Waals surface area contributed by atoms with Gasteiger partial charge in [0, 0.05) is 6.54 Å². The summed E-state index contributed by atoms with van der Waals surface area (Å²) in [6.45, 7) is 0.764. The van der Waals surface area contributed by atoms with E-state index in [-0.39, 0.29) is 6.10 Å². The fraction of sp³-hybridized carbons (Fsp3) is 0.600. The summed E-state index contributed by atoms with van der Waals surface area (Å²) in [6, 6.07) is 3.93. The number of halogens is 1. The molecule has 3 nitrogen and oxygen atoms in total. The minimum atomic E-state index is 0.273. The molecule has 0 spiro atoms. The molecular weight excluding hydrogens is 262 g/mol. The number of nitrogens with one attached hydrogen (secondary N) is 1. The third kappa shape index (κ3) is 3.77. The van der Waals surface area contributed by atoms with Crippen LogP contribution in [0.5, 0.6) is 11.5 Å². The molecule has 19 heavy (non-hydrogen) atoms. The number of benzene rings is 1. The highest BCUT2D eigenvalue weighted by Crippen LogP contribution is 2.38. The van der Waals surface area contributed by atoms with Crippen LogP contribution < -0.4 is 14.8 Å². The van der Waals surface area contributed by atoms with Crippen molar-refractivity contribution in [3.8, 4) is 11.5 Å². The molecule has 0 radical (unpaired) electrons. The Morgan fingerprint density at radius 1 is 1.26 bits per heavy atom. The first-order chi connectivity index (χ1) is 9.24. The second-order valence-corrected chi connectivity index (χ2v) is 5.42. The summed E-state index contributed by atoms with van der Waals surface area (Å²) in [5, 5.41) is 3.74. The lowest BCUT2D eigenvalue weighted by Crippen LogP contribution is -2.20. The molecule has 1 aromatic carbocycles. The van der Waals surface area contributed by atoms with Crippen molar-refractivity contribution < 1.29 is 9.47 Å². The van der Waals surface area contributed by atoms with E-state index in [0.29, 0.717) is 10.8 Å². The number of rotatable bonds is 5. The van der Waals surface area contributed by atoms with E-state index in [1.807, 2.05) is 19.2 Å². The summed E-state index contributed by atoms with van der Waals surface area (Å²) < 4.78 is 11.5. The van der Waals surface area contributed by atoms with Crippen molar-refractivity contribution in [1.82, 2.24) is 5.32 Å². The molecule has 1 fully saturated rings. The molecule has 2 rings (SSSR count). The van der Waals surface area contributed by atoms with E-state index in [0.717, 1.165) is 30.7 Å². The van der Waals surface area contributed by atoms with Crippen LogP contribution in [-0.4, -0.2) is 20.3 Å². The van der Waals surface area contributed by atoms with Gasteiger partial charge in [0.15, 0.2) is 11.5 Å². The monoisotopic (exact) mass is 283 g/mol. The van der Waals surface area contributed by atoms with Gasteiger partial charge < -0.3 is 14.8 Å². The summed E-state index contributed by atoms with van der Waals surface area (Å²) in [7, 11) is 3.56. The molecule has 0 unspecified atom stereocenters. The molecule has 0 saturated heterocycles. The van der Waals surface area contributed by atoms with Gasteiger partial charge in [-0.15, -0.1) is 0 Å². The average molecular weight is 284 g/mol. The minimum absolute atomic E-state index is 0.273. The molecule has 1 aromatic rings. The molecule has 0 bridgehead atoms. The summed E-state index contributed by atoms with van der Waals surface area (Å²) in [5.74, 6) is 1.42. The Morgan fingerprint density at radius 2 is 2.00 bits per heavy atom. The lowest BCUT2D eigenvalue weighted by atomic mass is 9.98. The molecule has 106 valence electrons. The number of hydrogen-bond acceptors (Lipinski definition) is 3. The SMILES string of the molecule is CNCc1cc(Cl)c(OC2CCCCC2)c(OC)c1. The van der Waals surface area contributed by atoms with Crippen LogP contribution in [0.2, 0.25) is 5.02 Å². The van der Waals surface area contributed by atoms with E-state index < -0.39 is 0 Å². The van der Waals surface area contributed by atoms with Gasteiger partial charge in [0.25, 0.3) is 0 Å². The summed E-state index contributed by atoms with van der Waals surface area (Å²) in [4.78, 5) is 0. The van der Waals surface area contributed by atoms with Crippen molar-refractivity contribution in [3.05, 3.63) is 22.7 Å². The number of hydrogen-bond donors (Lipinski definition) is 1. The predicted molar refractivity (Wildman–Crippen MR) is 78.3 cm³/mol. The third-order valence-corrected chi connectivity index (χ3v) is 3.79. The molecule has 4 heteroatoms. The van der Waals surface area contributed by atoms with Crippen LogP contribution in [-0.2, 0) is 6.54 Å². The molecule has 1 saturated carbocycles. The minimum Gasteiger partial charge on any atom is -0.493 e. The molecule has 1 N–H and O–H groups in total. The van der Waals surface area contributed by atoms with Crippen LogP contribution in [0.15, 0.2) is 12.1 Å². The van der Waals surface area contributed by atoms with Crippen LogP contribution >= 0.6 is 11.6 Å². The van der Waals surface area contributed by atoms with Crippen LogP contribution in [0.4, 0.5) is 0 Å². The van der Waals surface area contributed by atoms with E-state index in [4.69, 9.17) is 21.1 Å². The average Bonchev–Trinajstić information content (AvgIpc) is 2.43. The van der Waals surface area contributed by atoms with Gasteiger partial charge in [-0.05, 0) is 50.4 Å². The van der Waals surface area contributed by atoms with E-state index in [9.17, 15) is 0 Å². The first-order valence-corrected chi connectivity index (χ1v) is 7.30. The highest BCUT2D eigenvalue weighted by atomic mass is 35.5. The van der Waals surface area contributed by atoms with E-state index in [2.05, 4.69) is 5.32 Å². The van der Waals surface area contributed by atoms with Crippen molar-refractivity contribution in [2.24, 2.45) is 0 Å². The predicted octanol–water partition coefficient (Wildman–Crippen LogP) is 3.78. The molecule has 0 aliphatic heterocycles. The van der Waals surface area contributed by atoms with E-state index in [1.54, 1.807) is 7.11 Å². The molecule has 0 aromatic heterocycles. The Labute approximate surface area is 120 Å². The van der Waals surface area contributed by atoms with Crippen LogP contribution in [0.1, 0.15) is 37.7 Å². The van der Waals surface area contributed by atoms with Gasteiger partial charge >= 0.3 is 0 Å². The molecular formula is C15H22ClNO2. The standard InChI is InChI=1S/C15H22ClNO2/c1-17-10-11-8-13(16)15(14(9-11)18-2)19-12-6-4-3-5-7-12/h8-9,12,17H,3-7,10H2,1-2H3. The third-order valence-electron chi connectivity index (χ3n) is 3.51. The smallest absolute Gasteiger partial charge is 0.180 e. The van der Waals surface area contributed by atoms with Gasteiger partial charge in [0.2, 0.25) is 0 Å². The first kappa shape index (κ1) is 14.5. The highest BCUT2D eigenvalue weighted by molar-refractivity contribution is 6.32. The molecule has 0 atom stereocenters. The number of methoxy groups -OCH3 is 1. The second-order valence-electron chi connectivity index (χ2n) is 5.02. The normalized spacial score (nSPS) is 16.4. The molecule has 0 heterocycles. The van der Waals surface area contributed by atoms with Crippen LogP contribution in [0.3, 0.4) is 0 Å². The van der Waals surface area contributed by atoms with Crippen molar-refractivity contribution in [2.75, 3.05) is 14.2 Å². The van der Waals surface area contributed by atoms with Gasteiger partial charge in [-0.25, -0.2) is 0 Å². The van der Waals surface area contributed by atoms with E-state index >= 15 is 0 Å². The maximum atomic E-state index is 6.34. The van der Waals surface area contributed by atoms with Gasteiger partial charge in [-0.2, -0.15) is 0 Å². The zero-order valence-electron chi connectivity index (χ0n) is 11.7. The Bertz CT molecular complexity index is 417. The largest absolute Gasteiger partial charge is 0.493 e. The Hall–Kier alpha value is -0.930. The van der Waals surface area contributed by atoms with E-state index in [1.165, 1.54) is 19.3 Å². The first-order valence-electron chi connectivity index (χ1n) is 6.92. The van der Waals surface area contributed by atoms with Crippen LogP contribution in [0.25, 0.3) is 0 Å². The van der Waals surface area contributed by atoms with Crippen molar-refractivity contribution in [2.45, 2.75) is 44.8 Å². The molecule has 1 aliphatic rings. The Morgan fingerprint density at radius 3 is 2.63 bits per heavy atom. The van der Waals surface area contributed by atoms with Gasteiger partial charge in [-0.3, -0.25) is 0 Å². The molecule has 1 aliphatic carbocycles. The summed E-state index contributed by atoms with van der Waals surface area (Å²) in [5.41, 5.74) is 1.10. The van der Waals surface area contributed by atoms with Gasteiger partial charge in [-0.1, -0.05) is 18.0 Å². The van der Waals surface area contributed by atoms with Crippen molar-refractivity contribution in [1.29, 1.82) is 0 Å². The zero-order valence-corrected chi connectivity index (χ0v) is 12.4. The van der Waals surface area contributed by atoms with Gasteiger partial charge in [0.05, 0.1) is 18.2 Å². The van der Waals surface area contributed by atoms with Gasteiger partial charge in [0.1, 0.15) is 0 Å². The zero-order chi connectivity index (χ0) is 13.7. The topological polar surface area (TPSA) is 30.5 Å². The lowest BCUT2D eigenvalue weighted by molar-refractivity contribution is 0.149. The highest BCUT2D eigenvalue weighted by Gasteiger charge is 2.19. The Kier molecular flexibility index (Phi) is 5.34. The van der Waals surface area contributed by atoms with Crippen molar-refractivity contribution in [3.63, 3.8) is 0 Å². The molecule has 0 amide bonds. The van der Waals surface area contributed by atoms with Crippen LogP contribution in [0, 0.1) is 0 Å². The maximum absolute atomic E-state index is 6.34. The quantitative estimate of drug-likeness (QED) is 0.892. The summed E-state index contributed by atoms with van der Waals surface area (Å²) >= 11 is 6.34. The fourth-order valence-electron chi connectivity index (χ4n) is 2.54. The lowest BCUT2D eigenvalue weighted by Gasteiger charge is -2.24. The second kappa shape index (κ2) is 7.01. The van der Waals surface area contributed by atoms with Crippen molar-refractivity contribution >= 4 is 11.6 Å². The number of ether oxygens (including phenoxy) is 2.